The van der Waals surface area contributed by atoms with Crippen LogP contribution in [0, 0.1) is 0 Å². The quantitative estimate of drug-likeness (QED) is 0.117. The third-order valence-electron chi connectivity index (χ3n) is 7.14. The zero-order valence-electron chi connectivity index (χ0n) is 24.9. The minimum atomic E-state index is -0.176. The van der Waals surface area contributed by atoms with Crippen LogP contribution in [0.1, 0.15) is 47.4 Å². The molecule has 0 radical (unpaired) electrons. The third kappa shape index (κ3) is 7.63. The minimum absolute atomic E-state index is 0.176. The second-order valence-electron chi connectivity index (χ2n) is 9.95. The van der Waals surface area contributed by atoms with Crippen molar-refractivity contribution in [3.63, 3.8) is 0 Å². The Morgan fingerprint density at radius 2 is 1.64 bits per heavy atom. The average molecular weight is 572 g/mol. The molecule has 0 saturated carbocycles. The lowest BCUT2D eigenvalue weighted by Crippen LogP contribution is -2.24. The number of hydrogen-bond acceptors (Lipinski definition) is 6. The van der Waals surface area contributed by atoms with Crippen LogP contribution in [0.5, 0.6) is 23.0 Å². The van der Waals surface area contributed by atoms with E-state index in [0.29, 0.717) is 36.0 Å². The van der Waals surface area contributed by atoms with Crippen molar-refractivity contribution in [2.75, 3.05) is 34.5 Å². The van der Waals surface area contributed by atoms with Crippen LogP contribution in [0.4, 0.5) is 0 Å². The number of unbranched alkanes of at least 4 members (excludes halogenated alkanes) is 2. The summed E-state index contributed by atoms with van der Waals surface area (Å²) in [4.78, 5) is 17.7. The number of fused-ring (bicyclic) bond motifs is 1. The zero-order chi connectivity index (χ0) is 29.7. The number of carbonyl (C=O) groups excluding carboxylic acids is 1. The molecule has 4 rings (SSSR count). The Bertz CT molecular complexity index is 1450. The van der Waals surface area contributed by atoms with Gasteiger partial charge in [0, 0.05) is 25.1 Å². The molecule has 1 N–H and O–H groups in total. The fourth-order valence-corrected chi connectivity index (χ4v) is 5.04. The van der Waals surface area contributed by atoms with Crippen molar-refractivity contribution in [2.24, 2.45) is 0 Å². The van der Waals surface area contributed by atoms with Crippen LogP contribution in [0.25, 0.3) is 11.0 Å². The number of hydrogen-bond donors (Lipinski definition) is 1. The summed E-state index contributed by atoms with van der Waals surface area (Å²) in [6.45, 7) is 5.90. The maximum absolute atomic E-state index is 12.8. The molecular formula is C34H41N3O5. The molecule has 0 saturated heterocycles. The molecule has 222 valence electrons. The van der Waals surface area contributed by atoms with Gasteiger partial charge in [-0.1, -0.05) is 42.8 Å². The van der Waals surface area contributed by atoms with E-state index in [1.54, 1.807) is 12.1 Å². The van der Waals surface area contributed by atoms with E-state index >= 15 is 0 Å². The Morgan fingerprint density at radius 3 is 2.38 bits per heavy atom. The van der Waals surface area contributed by atoms with Gasteiger partial charge in [-0.05, 0) is 61.6 Å². The third-order valence-corrected chi connectivity index (χ3v) is 7.14. The molecule has 0 aliphatic heterocycles. The Balaban J connectivity index is 1.27. The van der Waals surface area contributed by atoms with Gasteiger partial charge in [0.1, 0.15) is 11.6 Å². The van der Waals surface area contributed by atoms with E-state index in [1.165, 1.54) is 21.3 Å². The smallest absolute Gasteiger partial charge is 0.251 e. The lowest BCUT2D eigenvalue weighted by Gasteiger charge is -2.14. The summed E-state index contributed by atoms with van der Waals surface area (Å²) in [6.07, 6.45) is 7.27. The first-order valence-corrected chi connectivity index (χ1v) is 14.4. The van der Waals surface area contributed by atoms with Gasteiger partial charge in [-0.25, -0.2) is 4.98 Å². The summed E-state index contributed by atoms with van der Waals surface area (Å²) in [5.74, 6) is 3.20. The number of aromatic nitrogens is 2. The van der Waals surface area contributed by atoms with Crippen LogP contribution in [0.3, 0.4) is 0 Å². The molecule has 0 fully saturated rings. The molecule has 3 aromatic carbocycles. The van der Waals surface area contributed by atoms with Gasteiger partial charge in [0.15, 0.2) is 11.5 Å². The summed E-state index contributed by atoms with van der Waals surface area (Å²) in [5.41, 5.74) is 3.78. The lowest BCUT2D eigenvalue weighted by molar-refractivity contribution is 0.0952. The van der Waals surface area contributed by atoms with Crippen molar-refractivity contribution in [3.05, 3.63) is 90.3 Å². The maximum atomic E-state index is 12.8. The van der Waals surface area contributed by atoms with Crippen LogP contribution in [0.2, 0.25) is 0 Å². The molecule has 0 aliphatic carbocycles. The second-order valence-corrected chi connectivity index (χ2v) is 9.95. The fourth-order valence-electron chi connectivity index (χ4n) is 5.04. The standard InChI is InChI=1S/C34H41N3O5/c1-5-14-25-15-8-11-18-29(25)42-22-13-21-37-28-17-10-9-16-27(28)36-32(37)19-7-6-12-20-35-34(38)26-23-30(39-2)33(41-4)31(24-26)40-3/h5,8-11,15-18,23-24H,1,6-7,12-14,19-22H2,2-4H3,(H,35,38). The van der Waals surface area contributed by atoms with E-state index in [1.807, 2.05) is 30.3 Å². The van der Waals surface area contributed by atoms with E-state index in [-0.39, 0.29) is 5.91 Å². The number of para-hydroxylation sites is 3. The average Bonchev–Trinajstić information content (AvgIpc) is 3.37. The summed E-state index contributed by atoms with van der Waals surface area (Å²) in [5, 5.41) is 3.00. The first-order chi connectivity index (χ1) is 20.6. The molecule has 0 unspecified atom stereocenters. The number of allylic oxidation sites excluding steroid dienone is 1. The SMILES string of the molecule is C=CCc1ccccc1OCCCn1c(CCCCCNC(=O)c2cc(OC)c(OC)c(OC)c2)nc2ccccc21. The number of amides is 1. The van der Waals surface area contributed by atoms with Gasteiger partial charge >= 0.3 is 0 Å². The Hall–Kier alpha value is -4.46. The summed E-state index contributed by atoms with van der Waals surface area (Å²) < 4.78 is 24.5. The van der Waals surface area contributed by atoms with Gasteiger partial charge in [0.2, 0.25) is 5.75 Å². The fraction of sp³-hybridized carbons (Fsp3) is 0.353. The molecule has 1 aromatic heterocycles. The van der Waals surface area contributed by atoms with E-state index in [9.17, 15) is 4.79 Å². The molecular weight excluding hydrogens is 530 g/mol. The Kier molecular flexibility index (Phi) is 11.3. The van der Waals surface area contributed by atoms with Crippen LogP contribution in [-0.2, 0) is 19.4 Å². The molecule has 1 amide bonds. The monoisotopic (exact) mass is 571 g/mol. The van der Waals surface area contributed by atoms with Crippen LogP contribution in [0.15, 0.2) is 73.3 Å². The van der Waals surface area contributed by atoms with Crippen molar-refractivity contribution >= 4 is 16.9 Å². The number of benzene rings is 3. The van der Waals surface area contributed by atoms with Gasteiger partial charge in [-0.15, -0.1) is 6.58 Å². The largest absolute Gasteiger partial charge is 0.493 e. The summed E-state index contributed by atoms with van der Waals surface area (Å²) >= 11 is 0. The van der Waals surface area contributed by atoms with Gasteiger partial charge in [-0.3, -0.25) is 4.79 Å². The first kappa shape index (κ1) is 30.5. The number of rotatable bonds is 17. The summed E-state index contributed by atoms with van der Waals surface area (Å²) in [7, 11) is 4.60. The highest BCUT2D eigenvalue weighted by Gasteiger charge is 2.17. The predicted molar refractivity (Wildman–Crippen MR) is 166 cm³/mol. The molecule has 42 heavy (non-hydrogen) atoms. The van der Waals surface area contributed by atoms with Gasteiger partial charge in [-0.2, -0.15) is 0 Å². The molecule has 1 heterocycles. The highest BCUT2D eigenvalue weighted by Crippen LogP contribution is 2.38. The predicted octanol–water partition coefficient (Wildman–Crippen LogP) is 6.40. The molecule has 0 bridgehead atoms. The van der Waals surface area contributed by atoms with E-state index < -0.39 is 0 Å². The van der Waals surface area contributed by atoms with E-state index in [0.717, 1.165) is 73.2 Å². The number of methoxy groups -OCH3 is 3. The topological polar surface area (TPSA) is 83.8 Å². The lowest BCUT2D eigenvalue weighted by atomic mass is 10.1. The van der Waals surface area contributed by atoms with Crippen molar-refractivity contribution in [2.45, 2.75) is 45.1 Å². The van der Waals surface area contributed by atoms with Crippen molar-refractivity contribution in [3.8, 4) is 23.0 Å². The number of nitrogens with zero attached hydrogens (tertiary/aromatic N) is 2. The molecule has 8 nitrogen and oxygen atoms in total. The highest BCUT2D eigenvalue weighted by atomic mass is 16.5. The Morgan fingerprint density at radius 1 is 0.905 bits per heavy atom. The van der Waals surface area contributed by atoms with Crippen LogP contribution >= 0.6 is 0 Å². The minimum Gasteiger partial charge on any atom is -0.493 e. The second kappa shape index (κ2) is 15.5. The molecule has 4 aromatic rings. The maximum Gasteiger partial charge on any atom is 0.251 e. The van der Waals surface area contributed by atoms with Crippen LogP contribution < -0.4 is 24.3 Å². The molecule has 8 heteroatoms. The van der Waals surface area contributed by atoms with E-state index in [2.05, 4.69) is 40.7 Å². The molecule has 0 aliphatic rings. The van der Waals surface area contributed by atoms with Crippen LogP contribution in [-0.4, -0.2) is 49.9 Å². The van der Waals surface area contributed by atoms with Crippen molar-refractivity contribution < 1.29 is 23.7 Å². The normalized spacial score (nSPS) is 10.8. The molecule has 0 spiro atoms. The Labute approximate surface area is 248 Å². The highest BCUT2D eigenvalue weighted by molar-refractivity contribution is 5.95. The zero-order valence-corrected chi connectivity index (χ0v) is 24.9. The molecule has 0 atom stereocenters. The van der Waals surface area contributed by atoms with Gasteiger partial charge in [0.25, 0.3) is 5.91 Å². The number of nitrogens with one attached hydrogen (secondary N) is 1. The number of ether oxygens (including phenoxy) is 4. The number of imidazole rings is 1. The van der Waals surface area contributed by atoms with Gasteiger partial charge < -0.3 is 28.8 Å². The summed E-state index contributed by atoms with van der Waals surface area (Å²) in [6, 6.07) is 19.7. The van der Waals surface area contributed by atoms with Crippen molar-refractivity contribution in [1.82, 2.24) is 14.9 Å². The number of carbonyl (C=O) groups is 1. The van der Waals surface area contributed by atoms with Crippen molar-refractivity contribution in [1.29, 1.82) is 0 Å². The number of aryl methyl sites for hydroxylation is 2. The first-order valence-electron chi connectivity index (χ1n) is 14.4. The van der Waals surface area contributed by atoms with Gasteiger partial charge in [0.05, 0.1) is 39.0 Å². The van der Waals surface area contributed by atoms with E-state index in [4.69, 9.17) is 23.9 Å².